The second-order valence-corrected chi connectivity index (χ2v) is 5.71. The standard InChI is InChI=1S/C16H21NO3/c18-10-12-9-17(6-7-20-11-12)16(19)15-5-4-13-2-1-3-14(13)8-15/h4-5,8,12,18H,1-3,6-7,9-11H2. The molecule has 1 unspecified atom stereocenters. The summed E-state index contributed by atoms with van der Waals surface area (Å²) in [6, 6.07) is 6.07. The Balaban J connectivity index is 1.77. The molecule has 1 aliphatic heterocycles. The van der Waals surface area contributed by atoms with Gasteiger partial charge in [-0.15, -0.1) is 0 Å². The van der Waals surface area contributed by atoms with E-state index in [2.05, 4.69) is 6.07 Å². The Morgan fingerprint density at radius 2 is 2.20 bits per heavy atom. The zero-order valence-electron chi connectivity index (χ0n) is 11.7. The molecule has 4 heteroatoms. The molecule has 1 amide bonds. The van der Waals surface area contributed by atoms with Gasteiger partial charge in [0, 0.05) is 31.2 Å². The average molecular weight is 275 g/mol. The van der Waals surface area contributed by atoms with Crippen molar-refractivity contribution in [3.63, 3.8) is 0 Å². The van der Waals surface area contributed by atoms with E-state index in [1.807, 2.05) is 17.0 Å². The number of aliphatic hydroxyl groups excluding tert-OH is 1. The fraction of sp³-hybridized carbons (Fsp3) is 0.562. The number of nitrogens with zero attached hydrogens (tertiary/aromatic N) is 1. The molecule has 1 saturated heterocycles. The van der Waals surface area contributed by atoms with Gasteiger partial charge in [0.15, 0.2) is 0 Å². The maximum absolute atomic E-state index is 12.6. The summed E-state index contributed by atoms with van der Waals surface area (Å²) in [6.45, 7) is 2.32. The molecule has 0 radical (unpaired) electrons. The fourth-order valence-corrected chi connectivity index (χ4v) is 3.06. The van der Waals surface area contributed by atoms with Crippen molar-refractivity contribution >= 4 is 5.91 Å². The first-order valence-corrected chi connectivity index (χ1v) is 7.37. The monoisotopic (exact) mass is 275 g/mol. The molecule has 1 N–H and O–H groups in total. The quantitative estimate of drug-likeness (QED) is 0.884. The van der Waals surface area contributed by atoms with Gasteiger partial charge < -0.3 is 14.7 Å². The van der Waals surface area contributed by atoms with Gasteiger partial charge in [0.05, 0.1) is 13.2 Å². The lowest BCUT2D eigenvalue weighted by Crippen LogP contribution is -2.36. The van der Waals surface area contributed by atoms with Crippen LogP contribution in [0.2, 0.25) is 0 Å². The zero-order chi connectivity index (χ0) is 13.9. The second kappa shape index (κ2) is 5.94. The van der Waals surface area contributed by atoms with E-state index in [0.29, 0.717) is 26.3 Å². The summed E-state index contributed by atoms with van der Waals surface area (Å²) < 4.78 is 5.43. The highest BCUT2D eigenvalue weighted by Crippen LogP contribution is 2.23. The molecule has 1 fully saturated rings. The highest BCUT2D eigenvalue weighted by Gasteiger charge is 2.24. The van der Waals surface area contributed by atoms with Gasteiger partial charge in [-0.3, -0.25) is 4.79 Å². The van der Waals surface area contributed by atoms with Crippen molar-refractivity contribution in [2.24, 2.45) is 5.92 Å². The van der Waals surface area contributed by atoms with Crippen molar-refractivity contribution in [3.05, 3.63) is 34.9 Å². The van der Waals surface area contributed by atoms with Crippen LogP contribution in [0.15, 0.2) is 18.2 Å². The lowest BCUT2D eigenvalue weighted by Gasteiger charge is -2.23. The lowest BCUT2D eigenvalue weighted by atomic mass is 10.0. The second-order valence-electron chi connectivity index (χ2n) is 5.71. The average Bonchev–Trinajstić information content (AvgIpc) is 2.81. The highest BCUT2D eigenvalue weighted by molar-refractivity contribution is 5.94. The van der Waals surface area contributed by atoms with Crippen LogP contribution in [-0.4, -0.2) is 48.8 Å². The van der Waals surface area contributed by atoms with E-state index in [4.69, 9.17) is 4.74 Å². The van der Waals surface area contributed by atoms with Crippen molar-refractivity contribution < 1.29 is 14.6 Å². The summed E-state index contributed by atoms with van der Waals surface area (Å²) in [7, 11) is 0. The minimum Gasteiger partial charge on any atom is -0.396 e. The summed E-state index contributed by atoms with van der Waals surface area (Å²) in [5.41, 5.74) is 3.47. The van der Waals surface area contributed by atoms with Crippen LogP contribution in [0.25, 0.3) is 0 Å². The van der Waals surface area contributed by atoms with Gasteiger partial charge in [-0.1, -0.05) is 6.07 Å². The molecule has 108 valence electrons. The minimum atomic E-state index is 0.0240. The molecule has 1 aliphatic carbocycles. The van der Waals surface area contributed by atoms with Crippen LogP contribution < -0.4 is 0 Å². The number of carbonyl (C=O) groups is 1. The molecular formula is C16H21NO3. The molecule has 1 aromatic rings. The highest BCUT2D eigenvalue weighted by atomic mass is 16.5. The largest absolute Gasteiger partial charge is 0.396 e. The smallest absolute Gasteiger partial charge is 0.253 e. The maximum atomic E-state index is 12.6. The molecule has 0 bridgehead atoms. The van der Waals surface area contributed by atoms with Crippen LogP contribution in [0.4, 0.5) is 0 Å². The van der Waals surface area contributed by atoms with E-state index >= 15 is 0 Å². The molecule has 1 atom stereocenters. The van der Waals surface area contributed by atoms with E-state index in [0.717, 1.165) is 18.4 Å². The Labute approximate surface area is 119 Å². The Hall–Kier alpha value is -1.39. The molecule has 20 heavy (non-hydrogen) atoms. The summed E-state index contributed by atoms with van der Waals surface area (Å²) in [5, 5.41) is 9.30. The number of aliphatic hydroxyl groups is 1. The van der Waals surface area contributed by atoms with Gasteiger partial charge >= 0.3 is 0 Å². The van der Waals surface area contributed by atoms with Gasteiger partial charge in [0.1, 0.15) is 0 Å². The van der Waals surface area contributed by atoms with Crippen molar-refractivity contribution in [2.75, 3.05) is 32.9 Å². The minimum absolute atomic E-state index is 0.0240. The Kier molecular flexibility index (Phi) is 4.03. The number of aryl methyl sites for hydroxylation is 2. The fourth-order valence-electron chi connectivity index (χ4n) is 3.06. The Morgan fingerprint density at radius 3 is 3.05 bits per heavy atom. The SMILES string of the molecule is O=C(c1ccc2c(c1)CCC2)N1CCOCC(CO)C1. The van der Waals surface area contributed by atoms with Crippen molar-refractivity contribution in [2.45, 2.75) is 19.3 Å². The molecule has 0 spiro atoms. The van der Waals surface area contributed by atoms with Gasteiger partial charge in [-0.2, -0.15) is 0 Å². The molecule has 4 nitrogen and oxygen atoms in total. The predicted octanol–water partition coefficient (Wildman–Crippen LogP) is 1.26. The van der Waals surface area contributed by atoms with Crippen LogP contribution in [0.5, 0.6) is 0 Å². The molecule has 0 saturated carbocycles. The Morgan fingerprint density at radius 1 is 1.35 bits per heavy atom. The first-order valence-electron chi connectivity index (χ1n) is 7.37. The molecule has 0 aromatic heterocycles. The normalized spacial score (nSPS) is 22.4. The number of carbonyl (C=O) groups excluding carboxylic acids is 1. The predicted molar refractivity (Wildman–Crippen MR) is 75.8 cm³/mol. The van der Waals surface area contributed by atoms with E-state index < -0.39 is 0 Å². The number of fused-ring (bicyclic) bond motifs is 1. The van der Waals surface area contributed by atoms with E-state index in [1.54, 1.807) is 0 Å². The van der Waals surface area contributed by atoms with Crippen LogP contribution >= 0.6 is 0 Å². The van der Waals surface area contributed by atoms with Crippen molar-refractivity contribution in [1.29, 1.82) is 0 Å². The summed E-state index contributed by atoms with van der Waals surface area (Å²) in [6.07, 6.45) is 3.41. The third-order valence-electron chi connectivity index (χ3n) is 4.23. The number of ether oxygens (including phenoxy) is 1. The number of amides is 1. The summed E-state index contributed by atoms with van der Waals surface area (Å²) in [4.78, 5) is 14.4. The van der Waals surface area contributed by atoms with E-state index in [9.17, 15) is 9.90 Å². The first kappa shape index (κ1) is 13.6. The third-order valence-corrected chi connectivity index (χ3v) is 4.23. The summed E-state index contributed by atoms with van der Waals surface area (Å²) in [5.74, 6) is 0.0829. The van der Waals surface area contributed by atoms with Crippen LogP contribution in [0, 0.1) is 5.92 Å². The first-order chi connectivity index (χ1) is 9.78. The topological polar surface area (TPSA) is 49.8 Å². The van der Waals surface area contributed by atoms with Gasteiger partial charge in [-0.25, -0.2) is 0 Å². The third kappa shape index (κ3) is 2.72. The van der Waals surface area contributed by atoms with Gasteiger partial charge in [0.2, 0.25) is 0 Å². The van der Waals surface area contributed by atoms with Crippen molar-refractivity contribution in [1.82, 2.24) is 4.90 Å². The maximum Gasteiger partial charge on any atom is 0.253 e. The number of hydrogen-bond acceptors (Lipinski definition) is 3. The number of benzene rings is 1. The van der Waals surface area contributed by atoms with Gasteiger partial charge in [0.25, 0.3) is 5.91 Å². The van der Waals surface area contributed by atoms with Crippen LogP contribution in [0.1, 0.15) is 27.9 Å². The van der Waals surface area contributed by atoms with Crippen molar-refractivity contribution in [3.8, 4) is 0 Å². The number of hydrogen-bond donors (Lipinski definition) is 1. The van der Waals surface area contributed by atoms with E-state index in [-0.39, 0.29) is 18.4 Å². The molecular weight excluding hydrogens is 254 g/mol. The number of rotatable bonds is 2. The Bertz CT molecular complexity index is 500. The molecule has 1 aromatic carbocycles. The lowest BCUT2D eigenvalue weighted by molar-refractivity contribution is 0.0728. The van der Waals surface area contributed by atoms with Gasteiger partial charge in [-0.05, 0) is 42.5 Å². The van der Waals surface area contributed by atoms with Crippen LogP contribution in [-0.2, 0) is 17.6 Å². The summed E-state index contributed by atoms with van der Waals surface area (Å²) >= 11 is 0. The zero-order valence-corrected chi connectivity index (χ0v) is 11.7. The molecule has 2 aliphatic rings. The van der Waals surface area contributed by atoms with Crippen LogP contribution in [0.3, 0.4) is 0 Å². The molecule has 3 rings (SSSR count). The van der Waals surface area contributed by atoms with E-state index in [1.165, 1.54) is 17.5 Å². The molecule has 1 heterocycles.